The van der Waals surface area contributed by atoms with Gasteiger partial charge in [-0.05, 0) is 55.8 Å². The average molecular weight is 368 g/mol. The largest absolute Gasteiger partial charge is 0.493 e. The summed E-state index contributed by atoms with van der Waals surface area (Å²) in [6.07, 6.45) is 0.868. The van der Waals surface area contributed by atoms with Crippen LogP contribution in [0.2, 0.25) is 5.02 Å². The Balaban J connectivity index is 1.60. The predicted octanol–water partition coefficient (Wildman–Crippen LogP) is 4.33. The van der Waals surface area contributed by atoms with Crippen LogP contribution in [-0.4, -0.2) is 22.3 Å². The van der Waals surface area contributed by atoms with Gasteiger partial charge in [-0.25, -0.2) is 4.68 Å². The number of carbonyl (C=O) groups is 1. The maximum Gasteiger partial charge on any atom is 0.255 e. The van der Waals surface area contributed by atoms with Crippen molar-refractivity contribution < 1.29 is 9.53 Å². The van der Waals surface area contributed by atoms with Crippen molar-refractivity contribution >= 4 is 23.2 Å². The number of fused-ring (bicyclic) bond motifs is 1. The third kappa shape index (κ3) is 2.95. The number of aromatic nitrogens is 2. The molecule has 1 aromatic heterocycles. The van der Waals surface area contributed by atoms with E-state index >= 15 is 0 Å². The smallest absolute Gasteiger partial charge is 0.255 e. The van der Waals surface area contributed by atoms with E-state index in [1.54, 1.807) is 10.7 Å². The number of nitrogens with zero attached hydrogens (tertiary/aromatic N) is 2. The third-order valence-electron chi connectivity index (χ3n) is 4.50. The van der Waals surface area contributed by atoms with E-state index in [0.29, 0.717) is 17.2 Å². The molecule has 0 spiro atoms. The van der Waals surface area contributed by atoms with E-state index in [1.165, 1.54) is 0 Å². The zero-order valence-electron chi connectivity index (χ0n) is 14.5. The molecule has 1 aliphatic rings. The van der Waals surface area contributed by atoms with Crippen LogP contribution in [0.15, 0.2) is 42.5 Å². The molecular weight excluding hydrogens is 350 g/mol. The molecule has 0 atom stereocenters. The highest BCUT2D eigenvalue weighted by Crippen LogP contribution is 2.28. The number of rotatable bonds is 3. The van der Waals surface area contributed by atoms with E-state index in [-0.39, 0.29) is 5.91 Å². The first-order valence-electron chi connectivity index (χ1n) is 8.42. The highest BCUT2D eigenvalue weighted by Gasteiger charge is 2.15. The molecule has 0 radical (unpaired) electrons. The normalized spacial score (nSPS) is 12.6. The number of ether oxygens (including phenoxy) is 1. The minimum absolute atomic E-state index is 0.168. The van der Waals surface area contributed by atoms with Crippen LogP contribution in [0.4, 0.5) is 5.69 Å². The molecule has 6 heteroatoms. The molecule has 2 aromatic carbocycles. The second-order valence-electron chi connectivity index (χ2n) is 6.32. The maximum atomic E-state index is 12.7. The number of halogens is 1. The molecule has 2 heterocycles. The van der Waals surface area contributed by atoms with E-state index < -0.39 is 0 Å². The second kappa shape index (κ2) is 6.50. The molecule has 0 saturated heterocycles. The van der Waals surface area contributed by atoms with Crippen LogP contribution in [0.3, 0.4) is 0 Å². The summed E-state index contributed by atoms with van der Waals surface area (Å²) in [5.74, 6) is 0.727. The first kappa shape index (κ1) is 16.7. The highest BCUT2D eigenvalue weighted by molar-refractivity contribution is 6.31. The van der Waals surface area contributed by atoms with Crippen LogP contribution in [0.5, 0.6) is 5.75 Å². The minimum Gasteiger partial charge on any atom is -0.493 e. The van der Waals surface area contributed by atoms with E-state index in [0.717, 1.165) is 40.5 Å². The minimum atomic E-state index is -0.168. The van der Waals surface area contributed by atoms with Gasteiger partial charge in [-0.1, -0.05) is 17.7 Å². The van der Waals surface area contributed by atoms with Crippen molar-refractivity contribution in [3.8, 4) is 11.4 Å². The van der Waals surface area contributed by atoms with Crippen LogP contribution < -0.4 is 10.1 Å². The van der Waals surface area contributed by atoms with Gasteiger partial charge < -0.3 is 10.1 Å². The van der Waals surface area contributed by atoms with Crippen molar-refractivity contribution in [1.29, 1.82) is 0 Å². The Kier molecular flexibility index (Phi) is 4.17. The van der Waals surface area contributed by atoms with Crippen LogP contribution in [0.1, 0.15) is 27.3 Å². The van der Waals surface area contributed by atoms with Crippen molar-refractivity contribution in [1.82, 2.24) is 9.78 Å². The van der Waals surface area contributed by atoms with Crippen LogP contribution in [0.25, 0.3) is 5.69 Å². The Bertz CT molecular complexity index is 1010. The topological polar surface area (TPSA) is 56.2 Å². The Morgan fingerprint density at radius 3 is 2.85 bits per heavy atom. The van der Waals surface area contributed by atoms with Crippen molar-refractivity contribution in [2.75, 3.05) is 11.9 Å². The lowest BCUT2D eigenvalue weighted by Crippen LogP contribution is -2.12. The summed E-state index contributed by atoms with van der Waals surface area (Å²) in [7, 11) is 0. The summed E-state index contributed by atoms with van der Waals surface area (Å²) >= 11 is 6.23. The molecule has 132 valence electrons. The molecule has 0 bridgehead atoms. The number of carbonyl (C=O) groups excluding carboxylic acids is 1. The summed E-state index contributed by atoms with van der Waals surface area (Å²) in [5.41, 5.74) is 4.85. The number of nitrogens with one attached hydrogen (secondary N) is 1. The molecule has 0 saturated carbocycles. The SMILES string of the molecule is Cc1nn(-c2cccc(C(=O)Nc3ccc4c(c3)CCO4)c2)c(C)c1Cl. The quantitative estimate of drug-likeness (QED) is 0.749. The molecule has 0 unspecified atom stereocenters. The fraction of sp³-hybridized carbons (Fsp3) is 0.200. The maximum absolute atomic E-state index is 12.7. The van der Waals surface area contributed by atoms with Gasteiger partial charge in [-0.15, -0.1) is 0 Å². The Hall–Kier alpha value is -2.79. The van der Waals surface area contributed by atoms with Gasteiger partial charge in [0.1, 0.15) is 5.75 Å². The van der Waals surface area contributed by atoms with E-state index in [9.17, 15) is 4.79 Å². The molecule has 5 nitrogen and oxygen atoms in total. The number of aryl methyl sites for hydroxylation is 1. The molecule has 1 amide bonds. The molecule has 4 rings (SSSR count). The summed E-state index contributed by atoms with van der Waals surface area (Å²) in [6, 6.07) is 13.0. The molecular formula is C20H18ClN3O2. The summed E-state index contributed by atoms with van der Waals surface area (Å²) in [6.45, 7) is 4.46. The fourth-order valence-corrected chi connectivity index (χ4v) is 3.24. The Labute approximate surface area is 156 Å². The zero-order chi connectivity index (χ0) is 18.3. The standard InChI is InChI=1S/C20H18ClN3O2/c1-12-19(21)13(2)24(23-12)17-5-3-4-15(11-17)20(25)22-16-6-7-18-14(10-16)8-9-26-18/h3-7,10-11H,8-9H2,1-2H3,(H,22,25). The van der Waals surface area contributed by atoms with Crippen molar-refractivity contribution in [2.24, 2.45) is 0 Å². The number of benzene rings is 2. The summed E-state index contributed by atoms with van der Waals surface area (Å²) < 4.78 is 7.25. The lowest BCUT2D eigenvalue weighted by Gasteiger charge is -2.09. The number of amides is 1. The lowest BCUT2D eigenvalue weighted by atomic mass is 10.1. The predicted molar refractivity (Wildman–Crippen MR) is 102 cm³/mol. The summed E-state index contributed by atoms with van der Waals surface area (Å²) in [5, 5.41) is 8.03. The Morgan fingerprint density at radius 2 is 2.08 bits per heavy atom. The van der Waals surface area contributed by atoms with Gasteiger partial charge in [0, 0.05) is 17.7 Å². The average Bonchev–Trinajstić information content (AvgIpc) is 3.21. The first-order chi connectivity index (χ1) is 12.5. The number of anilines is 1. The molecule has 0 aliphatic carbocycles. The number of hydrogen-bond donors (Lipinski definition) is 1. The molecule has 26 heavy (non-hydrogen) atoms. The molecule has 0 fully saturated rings. The van der Waals surface area contributed by atoms with Gasteiger partial charge in [0.05, 0.1) is 28.7 Å². The van der Waals surface area contributed by atoms with Gasteiger partial charge in [-0.2, -0.15) is 5.10 Å². The van der Waals surface area contributed by atoms with Crippen molar-refractivity contribution in [2.45, 2.75) is 20.3 Å². The van der Waals surface area contributed by atoms with E-state index in [1.807, 2.05) is 50.2 Å². The van der Waals surface area contributed by atoms with Gasteiger partial charge in [-0.3, -0.25) is 4.79 Å². The van der Waals surface area contributed by atoms with Crippen LogP contribution in [-0.2, 0) is 6.42 Å². The highest BCUT2D eigenvalue weighted by atomic mass is 35.5. The molecule has 1 N–H and O–H groups in total. The lowest BCUT2D eigenvalue weighted by molar-refractivity contribution is 0.102. The second-order valence-corrected chi connectivity index (χ2v) is 6.70. The number of hydrogen-bond acceptors (Lipinski definition) is 3. The van der Waals surface area contributed by atoms with E-state index in [2.05, 4.69) is 10.4 Å². The zero-order valence-corrected chi connectivity index (χ0v) is 15.3. The van der Waals surface area contributed by atoms with Crippen molar-refractivity contribution in [3.05, 3.63) is 70.0 Å². The van der Waals surface area contributed by atoms with E-state index in [4.69, 9.17) is 16.3 Å². The van der Waals surface area contributed by atoms with Gasteiger partial charge in [0.15, 0.2) is 0 Å². The first-order valence-corrected chi connectivity index (χ1v) is 8.80. The third-order valence-corrected chi connectivity index (χ3v) is 5.05. The molecule has 1 aliphatic heterocycles. The fourth-order valence-electron chi connectivity index (χ4n) is 3.12. The van der Waals surface area contributed by atoms with Crippen LogP contribution >= 0.6 is 11.6 Å². The molecule has 3 aromatic rings. The Morgan fingerprint density at radius 1 is 1.23 bits per heavy atom. The van der Waals surface area contributed by atoms with Gasteiger partial charge in [0.25, 0.3) is 5.91 Å². The summed E-state index contributed by atoms with van der Waals surface area (Å²) in [4.78, 5) is 12.7. The van der Waals surface area contributed by atoms with Gasteiger partial charge in [0.2, 0.25) is 0 Å². The van der Waals surface area contributed by atoms with Crippen LogP contribution in [0, 0.1) is 13.8 Å². The van der Waals surface area contributed by atoms with Gasteiger partial charge >= 0.3 is 0 Å². The monoisotopic (exact) mass is 367 g/mol. The van der Waals surface area contributed by atoms with Crippen molar-refractivity contribution in [3.63, 3.8) is 0 Å².